The van der Waals surface area contributed by atoms with Gasteiger partial charge < -0.3 is 4.57 Å². The molecule has 3 heterocycles. The second kappa shape index (κ2) is 7.68. The topological polar surface area (TPSA) is 73.8 Å². The molecule has 0 fully saturated rings. The Balaban J connectivity index is 1.73. The third-order valence-electron chi connectivity index (χ3n) is 4.73. The number of aryl methyl sites for hydroxylation is 2. The van der Waals surface area contributed by atoms with Crippen molar-refractivity contribution in [1.29, 1.82) is 5.41 Å². The van der Waals surface area contributed by atoms with Gasteiger partial charge in [0.2, 0.25) is 5.17 Å². The third kappa shape index (κ3) is 3.58. The van der Waals surface area contributed by atoms with Crippen LogP contribution in [0.2, 0.25) is 0 Å². The third-order valence-corrected chi connectivity index (χ3v) is 6.66. The fraction of sp³-hybridized carbons (Fsp3) is 0.238. The SMILES string of the molecule is CCSC1=NN2C(=N)C(=Cc3cc(C)n(-c4cccc(C)c4)c3C)C(=O)N=C2S1. The second-order valence-corrected chi connectivity index (χ2v) is 9.29. The molecule has 2 aromatic rings. The van der Waals surface area contributed by atoms with Gasteiger partial charge in [0.15, 0.2) is 10.2 Å². The fourth-order valence-electron chi connectivity index (χ4n) is 3.41. The van der Waals surface area contributed by atoms with Crippen molar-refractivity contribution in [2.75, 3.05) is 5.75 Å². The number of amidine groups is 2. The molecule has 1 aromatic heterocycles. The molecule has 0 saturated carbocycles. The quantitative estimate of drug-likeness (QED) is 0.724. The Labute approximate surface area is 178 Å². The summed E-state index contributed by atoms with van der Waals surface area (Å²) in [5, 5.41) is 14.9. The number of carbonyl (C=O) groups excluding carboxylic acids is 1. The highest BCUT2D eigenvalue weighted by Crippen LogP contribution is 2.33. The van der Waals surface area contributed by atoms with Gasteiger partial charge in [0.05, 0.1) is 5.57 Å². The van der Waals surface area contributed by atoms with Gasteiger partial charge in [0.1, 0.15) is 0 Å². The van der Waals surface area contributed by atoms with Crippen LogP contribution >= 0.6 is 23.5 Å². The second-order valence-electron chi connectivity index (χ2n) is 6.82. The fourth-order valence-corrected chi connectivity index (χ4v) is 5.23. The summed E-state index contributed by atoms with van der Waals surface area (Å²) < 4.78 is 2.97. The molecule has 0 aliphatic carbocycles. The van der Waals surface area contributed by atoms with Crippen molar-refractivity contribution in [2.45, 2.75) is 27.7 Å². The van der Waals surface area contributed by atoms with E-state index in [1.165, 1.54) is 22.3 Å². The van der Waals surface area contributed by atoms with Gasteiger partial charge in [-0.2, -0.15) is 10.0 Å². The Morgan fingerprint density at radius 2 is 2.03 bits per heavy atom. The number of rotatable bonds is 3. The average Bonchev–Trinajstić information content (AvgIpc) is 3.19. The molecule has 0 saturated heterocycles. The molecule has 1 aromatic carbocycles. The lowest BCUT2D eigenvalue weighted by atomic mass is 10.1. The van der Waals surface area contributed by atoms with Crippen LogP contribution in [0.1, 0.15) is 29.4 Å². The van der Waals surface area contributed by atoms with E-state index < -0.39 is 5.91 Å². The molecule has 6 nitrogen and oxygen atoms in total. The van der Waals surface area contributed by atoms with Crippen LogP contribution in [-0.2, 0) is 4.79 Å². The van der Waals surface area contributed by atoms with E-state index in [2.05, 4.69) is 39.8 Å². The number of hydrogen-bond donors (Lipinski definition) is 1. The minimum atomic E-state index is -0.396. The number of hydrazone groups is 1. The van der Waals surface area contributed by atoms with E-state index in [0.29, 0.717) is 5.17 Å². The van der Waals surface area contributed by atoms with Crippen LogP contribution in [0, 0.1) is 26.2 Å². The lowest BCUT2D eigenvalue weighted by Crippen LogP contribution is -2.35. The molecule has 2 aliphatic rings. The maximum Gasteiger partial charge on any atom is 0.283 e. The number of hydrogen-bond acceptors (Lipinski definition) is 5. The van der Waals surface area contributed by atoms with E-state index in [9.17, 15) is 4.79 Å². The summed E-state index contributed by atoms with van der Waals surface area (Å²) in [6.07, 6.45) is 1.75. The Morgan fingerprint density at radius 3 is 2.76 bits per heavy atom. The molecule has 29 heavy (non-hydrogen) atoms. The summed E-state index contributed by atoms with van der Waals surface area (Å²) in [5.74, 6) is 0.550. The molecule has 2 aliphatic heterocycles. The molecule has 148 valence electrons. The molecule has 1 N–H and O–H groups in total. The van der Waals surface area contributed by atoms with E-state index in [-0.39, 0.29) is 11.4 Å². The molecular weight excluding hydrogens is 402 g/mol. The van der Waals surface area contributed by atoms with Crippen LogP contribution in [0.4, 0.5) is 0 Å². The van der Waals surface area contributed by atoms with Crippen LogP contribution in [0.25, 0.3) is 11.8 Å². The van der Waals surface area contributed by atoms with E-state index in [4.69, 9.17) is 5.41 Å². The van der Waals surface area contributed by atoms with Crippen LogP contribution < -0.4 is 0 Å². The average molecular weight is 424 g/mol. The van der Waals surface area contributed by atoms with Gasteiger partial charge in [-0.3, -0.25) is 10.2 Å². The first-order valence-electron chi connectivity index (χ1n) is 9.28. The van der Waals surface area contributed by atoms with Gasteiger partial charge in [-0.05, 0) is 73.7 Å². The lowest BCUT2D eigenvalue weighted by Gasteiger charge is -2.20. The normalized spacial score (nSPS) is 17.7. The Morgan fingerprint density at radius 1 is 1.24 bits per heavy atom. The van der Waals surface area contributed by atoms with Crippen molar-refractivity contribution in [3.63, 3.8) is 0 Å². The van der Waals surface area contributed by atoms with E-state index in [1.54, 1.807) is 17.8 Å². The molecule has 0 atom stereocenters. The summed E-state index contributed by atoms with van der Waals surface area (Å²) in [4.78, 5) is 16.8. The first-order valence-corrected chi connectivity index (χ1v) is 11.1. The maximum absolute atomic E-state index is 12.6. The van der Waals surface area contributed by atoms with Crippen LogP contribution in [-0.4, -0.2) is 36.6 Å². The number of aromatic nitrogens is 1. The summed E-state index contributed by atoms with van der Waals surface area (Å²) in [5.41, 5.74) is 5.50. The molecule has 8 heteroatoms. The number of carbonyl (C=O) groups is 1. The Hall–Kier alpha value is -2.58. The largest absolute Gasteiger partial charge is 0.318 e. The number of aliphatic imine (C=N–C) groups is 1. The summed E-state index contributed by atoms with van der Waals surface area (Å²) in [6, 6.07) is 10.3. The number of nitrogens with one attached hydrogen (secondary N) is 1. The zero-order chi connectivity index (χ0) is 20.7. The number of amides is 1. The number of thioether (sulfide) groups is 2. The first-order chi connectivity index (χ1) is 13.9. The first kappa shape index (κ1) is 19.7. The Bertz CT molecular complexity index is 1130. The van der Waals surface area contributed by atoms with Crippen LogP contribution in [0.15, 0.2) is 46.0 Å². The number of benzene rings is 1. The minimum absolute atomic E-state index is 0.0690. The van der Waals surface area contributed by atoms with Crippen molar-refractivity contribution >= 4 is 50.9 Å². The van der Waals surface area contributed by atoms with Gasteiger partial charge in [-0.1, -0.05) is 30.8 Å². The van der Waals surface area contributed by atoms with Crippen molar-refractivity contribution in [1.82, 2.24) is 9.58 Å². The molecule has 4 rings (SSSR count). The minimum Gasteiger partial charge on any atom is -0.318 e. The van der Waals surface area contributed by atoms with Gasteiger partial charge in [0, 0.05) is 17.1 Å². The molecule has 1 amide bonds. The van der Waals surface area contributed by atoms with Gasteiger partial charge in [0.25, 0.3) is 5.91 Å². The highest BCUT2D eigenvalue weighted by atomic mass is 32.2. The van der Waals surface area contributed by atoms with E-state index in [1.807, 2.05) is 32.9 Å². The zero-order valence-electron chi connectivity index (χ0n) is 16.7. The monoisotopic (exact) mass is 423 g/mol. The van der Waals surface area contributed by atoms with Crippen LogP contribution in [0.5, 0.6) is 0 Å². The van der Waals surface area contributed by atoms with Crippen molar-refractivity contribution < 1.29 is 4.79 Å². The summed E-state index contributed by atoms with van der Waals surface area (Å²) >= 11 is 2.92. The van der Waals surface area contributed by atoms with E-state index >= 15 is 0 Å². The smallest absolute Gasteiger partial charge is 0.283 e. The summed E-state index contributed by atoms with van der Waals surface area (Å²) in [7, 11) is 0. The van der Waals surface area contributed by atoms with Crippen molar-refractivity contribution in [3.05, 3.63) is 58.4 Å². The van der Waals surface area contributed by atoms with Crippen molar-refractivity contribution in [2.24, 2.45) is 10.1 Å². The molecule has 0 bridgehead atoms. The van der Waals surface area contributed by atoms with Gasteiger partial charge in [-0.15, -0.1) is 5.10 Å². The molecular formula is C21H21N5OS2. The highest BCUT2D eigenvalue weighted by molar-refractivity contribution is 8.45. The number of nitrogens with zero attached hydrogens (tertiary/aromatic N) is 4. The summed E-state index contributed by atoms with van der Waals surface area (Å²) in [6.45, 7) is 8.17. The highest BCUT2D eigenvalue weighted by Gasteiger charge is 2.35. The molecule has 0 radical (unpaired) electrons. The Kier molecular flexibility index (Phi) is 5.23. The predicted octanol–water partition coefficient (Wildman–Crippen LogP) is 4.73. The van der Waals surface area contributed by atoms with Crippen LogP contribution in [0.3, 0.4) is 0 Å². The molecule has 0 unspecified atom stereocenters. The van der Waals surface area contributed by atoms with Gasteiger partial charge in [-0.25, -0.2) is 0 Å². The van der Waals surface area contributed by atoms with E-state index in [0.717, 1.165) is 32.8 Å². The van der Waals surface area contributed by atoms with Crippen molar-refractivity contribution in [3.8, 4) is 5.69 Å². The maximum atomic E-state index is 12.6. The molecule has 0 spiro atoms. The predicted molar refractivity (Wildman–Crippen MR) is 123 cm³/mol. The number of fused-ring (bicyclic) bond motifs is 1. The zero-order valence-corrected chi connectivity index (χ0v) is 18.3. The lowest BCUT2D eigenvalue weighted by molar-refractivity contribution is -0.114. The standard InChI is InChI=1S/C21H21N5OS2/c1-5-28-21-24-26-18(22)17(19(27)23-20(26)29-21)11-15-10-13(3)25(14(15)4)16-8-6-7-12(2)9-16/h6-11,22H,5H2,1-4H3. The van der Waals surface area contributed by atoms with Gasteiger partial charge >= 0.3 is 0 Å².